The third-order valence-corrected chi connectivity index (χ3v) is 4.78. The number of aliphatic hydroxyl groups excluding tert-OH is 1. The average Bonchev–Trinajstić information content (AvgIpc) is 2.67. The number of nitrogens with zero attached hydrogens (tertiary/aromatic N) is 1. The lowest BCUT2D eigenvalue weighted by Gasteiger charge is -2.32. The maximum Gasteiger partial charge on any atom is 0.407 e. The molecule has 0 bridgehead atoms. The molecular weight excluding hydrogens is 388 g/mol. The van der Waals surface area contributed by atoms with Gasteiger partial charge in [-0.2, -0.15) is 0 Å². The Hall–Kier alpha value is -2.37. The molecule has 0 heterocycles. The van der Waals surface area contributed by atoms with Gasteiger partial charge in [-0.15, -0.1) is 0 Å². The second kappa shape index (κ2) is 11.9. The molecule has 0 spiro atoms. The van der Waals surface area contributed by atoms with E-state index in [2.05, 4.69) is 36.2 Å². The highest BCUT2D eigenvalue weighted by Crippen LogP contribution is 2.14. The van der Waals surface area contributed by atoms with Crippen LogP contribution in [0.4, 0.5) is 4.79 Å². The number of alkyl carbamates (subject to hydrolysis) is 1. The summed E-state index contributed by atoms with van der Waals surface area (Å²) in [4.78, 5) is 14.7. The van der Waals surface area contributed by atoms with Gasteiger partial charge < -0.3 is 15.2 Å². The fraction of sp³-hybridized carbons (Fsp3) is 0.500. The molecule has 0 saturated heterocycles. The first-order valence-electron chi connectivity index (χ1n) is 11.1. The van der Waals surface area contributed by atoms with E-state index < -0.39 is 23.8 Å². The van der Waals surface area contributed by atoms with Crippen LogP contribution >= 0.6 is 0 Å². The van der Waals surface area contributed by atoms with E-state index in [1.54, 1.807) is 0 Å². The van der Waals surface area contributed by atoms with Crippen molar-refractivity contribution < 1.29 is 14.6 Å². The van der Waals surface area contributed by atoms with Crippen molar-refractivity contribution in [2.24, 2.45) is 5.92 Å². The third kappa shape index (κ3) is 9.99. The van der Waals surface area contributed by atoms with Gasteiger partial charge in [0, 0.05) is 19.6 Å². The molecule has 0 aliphatic carbocycles. The van der Waals surface area contributed by atoms with E-state index >= 15 is 0 Å². The Balaban J connectivity index is 2.13. The molecular formula is C26H38N2O3. The fourth-order valence-electron chi connectivity index (χ4n) is 3.56. The van der Waals surface area contributed by atoms with E-state index in [9.17, 15) is 9.90 Å². The normalized spacial score (nSPS) is 13.8. The van der Waals surface area contributed by atoms with E-state index in [0.717, 1.165) is 18.7 Å². The molecule has 0 aliphatic rings. The Morgan fingerprint density at radius 2 is 1.52 bits per heavy atom. The summed E-state index contributed by atoms with van der Waals surface area (Å²) in [6.45, 7) is 11.9. The smallest absolute Gasteiger partial charge is 0.407 e. The first-order chi connectivity index (χ1) is 14.6. The Kier molecular flexibility index (Phi) is 9.53. The van der Waals surface area contributed by atoms with Gasteiger partial charge in [-0.25, -0.2) is 4.79 Å². The van der Waals surface area contributed by atoms with E-state index in [0.29, 0.717) is 18.9 Å². The molecule has 170 valence electrons. The van der Waals surface area contributed by atoms with Gasteiger partial charge in [0.2, 0.25) is 0 Å². The SMILES string of the molecule is CC(C)CN(Cc1ccccc1)CC(O)[C@H](Cc1ccccc1)NC(=O)OC(C)(C)C. The number of hydrogen-bond donors (Lipinski definition) is 2. The first-order valence-corrected chi connectivity index (χ1v) is 11.1. The van der Waals surface area contributed by atoms with Gasteiger partial charge in [0.15, 0.2) is 0 Å². The van der Waals surface area contributed by atoms with Crippen LogP contribution in [0.25, 0.3) is 0 Å². The average molecular weight is 427 g/mol. The topological polar surface area (TPSA) is 61.8 Å². The molecule has 0 saturated carbocycles. The number of carbonyl (C=O) groups is 1. The molecule has 0 aromatic heterocycles. The van der Waals surface area contributed by atoms with Crippen molar-refractivity contribution >= 4 is 6.09 Å². The maximum atomic E-state index is 12.5. The molecule has 2 rings (SSSR count). The number of benzene rings is 2. The summed E-state index contributed by atoms with van der Waals surface area (Å²) < 4.78 is 5.45. The molecule has 2 N–H and O–H groups in total. The van der Waals surface area contributed by atoms with Crippen molar-refractivity contribution in [3.63, 3.8) is 0 Å². The Morgan fingerprint density at radius 3 is 2.03 bits per heavy atom. The van der Waals surface area contributed by atoms with E-state index in [-0.39, 0.29) is 0 Å². The highest BCUT2D eigenvalue weighted by atomic mass is 16.6. The van der Waals surface area contributed by atoms with Crippen LogP contribution < -0.4 is 5.32 Å². The first kappa shape index (κ1) is 24.9. The van der Waals surface area contributed by atoms with Crippen molar-refractivity contribution in [2.45, 2.75) is 65.3 Å². The molecule has 5 nitrogen and oxygen atoms in total. The monoisotopic (exact) mass is 426 g/mol. The van der Waals surface area contributed by atoms with Crippen LogP contribution in [0, 0.1) is 5.92 Å². The summed E-state index contributed by atoms with van der Waals surface area (Å²) in [6.07, 6.45) is -0.719. The number of hydrogen-bond acceptors (Lipinski definition) is 4. The minimum atomic E-state index is -0.741. The molecule has 2 atom stereocenters. The third-order valence-electron chi connectivity index (χ3n) is 4.78. The zero-order valence-electron chi connectivity index (χ0n) is 19.5. The summed E-state index contributed by atoms with van der Waals surface area (Å²) in [5.41, 5.74) is 1.67. The number of aliphatic hydroxyl groups is 1. The summed E-state index contributed by atoms with van der Waals surface area (Å²) >= 11 is 0. The molecule has 1 unspecified atom stereocenters. The molecule has 2 aromatic carbocycles. The van der Waals surface area contributed by atoms with Crippen molar-refractivity contribution in [3.8, 4) is 0 Å². The van der Waals surface area contributed by atoms with Gasteiger partial charge in [-0.1, -0.05) is 74.5 Å². The van der Waals surface area contributed by atoms with Crippen molar-refractivity contribution in [3.05, 3.63) is 71.8 Å². The molecule has 5 heteroatoms. The zero-order chi connectivity index (χ0) is 22.9. The second-order valence-corrected chi connectivity index (χ2v) is 9.58. The van der Waals surface area contributed by atoms with E-state index in [1.165, 1.54) is 5.56 Å². The van der Waals surface area contributed by atoms with Crippen LogP contribution in [-0.4, -0.2) is 46.9 Å². The highest BCUT2D eigenvalue weighted by molar-refractivity contribution is 5.68. The van der Waals surface area contributed by atoms with Crippen molar-refractivity contribution in [1.82, 2.24) is 10.2 Å². The van der Waals surface area contributed by atoms with Crippen molar-refractivity contribution in [1.29, 1.82) is 0 Å². The number of nitrogens with one attached hydrogen (secondary N) is 1. The molecule has 0 radical (unpaired) electrons. The van der Waals surface area contributed by atoms with Gasteiger partial charge >= 0.3 is 6.09 Å². The minimum Gasteiger partial charge on any atom is -0.444 e. The van der Waals surface area contributed by atoms with Crippen LogP contribution in [0.15, 0.2) is 60.7 Å². The summed E-state index contributed by atoms with van der Waals surface area (Å²) in [5, 5.41) is 14.1. The predicted molar refractivity (Wildman–Crippen MR) is 126 cm³/mol. The highest BCUT2D eigenvalue weighted by Gasteiger charge is 2.27. The Morgan fingerprint density at radius 1 is 0.968 bits per heavy atom. The summed E-state index contributed by atoms with van der Waals surface area (Å²) in [7, 11) is 0. The zero-order valence-corrected chi connectivity index (χ0v) is 19.5. The van der Waals surface area contributed by atoms with Gasteiger partial charge in [-0.05, 0) is 44.2 Å². The van der Waals surface area contributed by atoms with Crippen LogP contribution in [0.5, 0.6) is 0 Å². The number of ether oxygens (including phenoxy) is 1. The van der Waals surface area contributed by atoms with Gasteiger partial charge in [0.25, 0.3) is 0 Å². The van der Waals surface area contributed by atoms with Gasteiger partial charge in [0.05, 0.1) is 12.1 Å². The largest absolute Gasteiger partial charge is 0.444 e. The summed E-state index contributed by atoms with van der Waals surface area (Å²) in [6, 6.07) is 19.7. The van der Waals surface area contributed by atoms with E-state index in [4.69, 9.17) is 4.74 Å². The predicted octanol–water partition coefficient (Wildman–Crippen LogP) is 4.64. The van der Waals surface area contributed by atoms with Crippen LogP contribution in [0.2, 0.25) is 0 Å². The molecule has 31 heavy (non-hydrogen) atoms. The lowest BCUT2D eigenvalue weighted by Crippen LogP contribution is -2.50. The molecule has 1 amide bonds. The van der Waals surface area contributed by atoms with Crippen LogP contribution in [0.3, 0.4) is 0 Å². The number of amides is 1. The lowest BCUT2D eigenvalue weighted by molar-refractivity contribution is 0.0348. The van der Waals surface area contributed by atoms with E-state index in [1.807, 2.05) is 69.3 Å². The Bertz CT molecular complexity index is 772. The van der Waals surface area contributed by atoms with Gasteiger partial charge in [0.1, 0.15) is 5.60 Å². The van der Waals surface area contributed by atoms with Crippen LogP contribution in [0.1, 0.15) is 45.7 Å². The lowest BCUT2D eigenvalue weighted by atomic mass is 10.0. The quantitative estimate of drug-likeness (QED) is 0.581. The van der Waals surface area contributed by atoms with Crippen molar-refractivity contribution in [2.75, 3.05) is 13.1 Å². The standard InChI is InChI=1S/C26H38N2O3/c1-20(2)17-28(18-22-14-10-7-11-15-22)19-24(29)23(16-21-12-8-6-9-13-21)27-25(30)31-26(3,4)5/h6-15,20,23-24,29H,16-19H2,1-5H3,(H,27,30)/t23-,24?/m0/s1. The number of rotatable bonds is 10. The Labute approximate surface area is 187 Å². The van der Waals surface area contributed by atoms with Gasteiger partial charge in [-0.3, -0.25) is 4.90 Å². The molecule has 2 aromatic rings. The maximum absolute atomic E-state index is 12.5. The minimum absolute atomic E-state index is 0.456. The molecule has 0 fully saturated rings. The fourth-order valence-corrected chi connectivity index (χ4v) is 3.56. The summed E-state index contributed by atoms with van der Waals surface area (Å²) in [5.74, 6) is 0.460. The molecule has 0 aliphatic heterocycles. The van der Waals surface area contributed by atoms with Crippen LogP contribution in [-0.2, 0) is 17.7 Å². The second-order valence-electron chi connectivity index (χ2n) is 9.58. The number of carbonyl (C=O) groups excluding carboxylic acids is 1.